The fourth-order valence-electron chi connectivity index (χ4n) is 3.98. The van der Waals surface area contributed by atoms with Crippen LogP contribution in [0.1, 0.15) is 27.0 Å². The number of rotatable bonds is 10. The van der Waals surface area contributed by atoms with Crippen LogP contribution in [0.3, 0.4) is 0 Å². The van der Waals surface area contributed by atoms with Crippen molar-refractivity contribution >= 4 is 56.9 Å². The van der Waals surface area contributed by atoms with E-state index in [0.717, 1.165) is 25.6 Å². The van der Waals surface area contributed by atoms with Crippen molar-refractivity contribution in [2.75, 3.05) is 12.4 Å². The minimum absolute atomic E-state index is 0.195. The zero-order valence-electron chi connectivity index (χ0n) is 22.7. The summed E-state index contributed by atoms with van der Waals surface area (Å²) in [6.07, 6.45) is 1.53. The van der Waals surface area contributed by atoms with Crippen molar-refractivity contribution in [2.45, 2.75) is 13.5 Å². The molecule has 10 heteroatoms. The van der Waals surface area contributed by atoms with Gasteiger partial charge in [0, 0.05) is 22.2 Å². The second-order valence-corrected chi connectivity index (χ2v) is 11.3. The largest absolute Gasteiger partial charge is 0.493 e. The average molecular weight is 693 g/mol. The van der Waals surface area contributed by atoms with E-state index in [9.17, 15) is 9.18 Å². The van der Waals surface area contributed by atoms with Crippen molar-refractivity contribution in [1.82, 2.24) is 10.4 Å². The van der Waals surface area contributed by atoms with E-state index in [1.807, 2.05) is 54.8 Å². The predicted molar refractivity (Wildman–Crippen MR) is 174 cm³/mol. The highest BCUT2D eigenvalue weighted by Gasteiger charge is 2.12. The highest BCUT2D eigenvalue weighted by Crippen LogP contribution is 2.34. The first-order chi connectivity index (χ1) is 20.4. The Kier molecular flexibility index (Phi) is 9.45. The van der Waals surface area contributed by atoms with Gasteiger partial charge in [0.25, 0.3) is 5.91 Å². The topological polar surface area (TPSA) is 84.8 Å². The number of nitrogens with one attached hydrogen (secondary N) is 2. The summed E-state index contributed by atoms with van der Waals surface area (Å²) >= 11 is 3.66. The molecule has 42 heavy (non-hydrogen) atoms. The summed E-state index contributed by atoms with van der Waals surface area (Å²) in [5.74, 6) is 0.389. The molecule has 0 unspecified atom stereocenters. The van der Waals surface area contributed by atoms with E-state index in [1.54, 1.807) is 37.4 Å². The van der Waals surface area contributed by atoms with E-state index in [4.69, 9.17) is 9.47 Å². The average Bonchev–Trinajstić information content (AvgIpc) is 3.46. The van der Waals surface area contributed by atoms with Crippen molar-refractivity contribution in [3.05, 3.63) is 122 Å². The number of carbonyl (C=O) groups excluding carboxylic acids is 1. The number of thiazole rings is 1. The van der Waals surface area contributed by atoms with Gasteiger partial charge in [-0.25, -0.2) is 14.8 Å². The zero-order chi connectivity index (χ0) is 29.5. The number of anilines is 2. The van der Waals surface area contributed by atoms with Gasteiger partial charge < -0.3 is 14.8 Å². The van der Waals surface area contributed by atoms with E-state index in [1.165, 1.54) is 35.2 Å². The number of ether oxygens (including phenoxy) is 2. The first kappa shape index (κ1) is 29.2. The number of aromatic nitrogens is 1. The van der Waals surface area contributed by atoms with Crippen LogP contribution in [0.4, 0.5) is 15.2 Å². The van der Waals surface area contributed by atoms with Gasteiger partial charge in [0.05, 0.1) is 22.6 Å². The summed E-state index contributed by atoms with van der Waals surface area (Å²) in [6, 6.07) is 25.2. The van der Waals surface area contributed by atoms with Crippen LogP contribution in [0.25, 0.3) is 11.3 Å². The molecule has 0 aliphatic rings. The predicted octanol–water partition coefficient (Wildman–Crippen LogP) is 7.96. The molecule has 212 valence electrons. The summed E-state index contributed by atoms with van der Waals surface area (Å²) in [5.41, 5.74) is 8.36. The summed E-state index contributed by atoms with van der Waals surface area (Å²) < 4.78 is 25.7. The first-order valence-corrected chi connectivity index (χ1v) is 14.8. The Morgan fingerprint density at radius 3 is 2.60 bits per heavy atom. The maximum Gasteiger partial charge on any atom is 0.271 e. The normalized spacial score (nSPS) is 11.0. The van der Waals surface area contributed by atoms with Gasteiger partial charge in [-0.3, -0.25) is 4.79 Å². The van der Waals surface area contributed by atoms with Crippen LogP contribution in [0.5, 0.6) is 11.5 Å². The van der Waals surface area contributed by atoms with Crippen LogP contribution in [0.15, 0.2) is 95.4 Å². The molecule has 1 aromatic heterocycles. The number of hydrogen-bond acceptors (Lipinski definition) is 7. The molecular weight excluding hydrogens is 666 g/mol. The Morgan fingerprint density at radius 1 is 1.07 bits per heavy atom. The lowest BCUT2D eigenvalue weighted by atomic mass is 10.1. The number of methoxy groups -OCH3 is 1. The van der Waals surface area contributed by atoms with E-state index in [0.29, 0.717) is 28.2 Å². The molecule has 0 aliphatic heterocycles. The van der Waals surface area contributed by atoms with Crippen molar-refractivity contribution in [2.24, 2.45) is 5.10 Å². The van der Waals surface area contributed by atoms with Crippen LogP contribution >= 0.6 is 33.9 Å². The molecule has 0 aliphatic carbocycles. The minimum atomic E-state index is -0.338. The number of halogens is 2. The Balaban J connectivity index is 1.18. The number of benzene rings is 4. The van der Waals surface area contributed by atoms with E-state index in [-0.39, 0.29) is 18.3 Å². The van der Waals surface area contributed by atoms with Crippen LogP contribution in [0, 0.1) is 16.3 Å². The molecule has 4 aromatic carbocycles. The smallest absolute Gasteiger partial charge is 0.271 e. The van der Waals surface area contributed by atoms with Gasteiger partial charge in [-0.05, 0) is 89.2 Å². The minimum Gasteiger partial charge on any atom is -0.493 e. The van der Waals surface area contributed by atoms with Gasteiger partial charge in [0.15, 0.2) is 16.6 Å². The van der Waals surface area contributed by atoms with Gasteiger partial charge in [0.1, 0.15) is 12.4 Å². The lowest BCUT2D eigenvalue weighted by molar-refractivity contribution is 0.0955. The molecule has 0 saturated heterocycles. The van der Waals surface area contributed by atoms with Crippen LogP contribution in [-0.4, -0.2) is 24.2 Å². The van der Waals surface area contributed by atoms with E-state index in [2.05, 4.69) is 43.4 Å². The molecule has 7 nitrogen and oxygen atoms in total. The Morgan fingerprint density at radius 2 is 1.86 bits per heavy atom. The number of carbonyl (C=O) groups is 1. The summed E-state index contributed by atoms with van der Waals surface area (Å²) in [4.78, 5) is 17.3. The van der Waals surface area contributed by atoms with Crippen molar-refractivity contribution < 1.29 is 18.7 Å². The number of nitrogens with zero attached hydrogens (tertiary/aromatic N) is 2. The summed E-state index contributed by atoms with van der Waals surface area (Å²) in [5, 5.41) is 10.2. The van der Waals surface area contributed by atoms with Gasteiger partial charge in [-0.1, -0.05) is 42.0 Å². The van der Waals surface area contributed by atoms with Gasteiger partial charge in [0.2, 0.25) is 0 Å². The number of hydrogen-bond donors (Lipinski definition) is 2. The zero-order valence-corrected chi connectivity index (χ0v) is 25.7. The maximum absolute atomic E-state index is 13.5. The van der Waals surface area contributed by atoms with Gasteiger partial charge >= 0.3 is 0 Å². The Labute approximate surface area is 260 Å². The number of aryl methyl sites for hydroxylation is 1. The first-order valence-electron chi connectivity index (χ1n) is 12.9. The molecule has 0 atom stereocenters. The quantitative estimate of drug-likeness (QED) is 0.0882. The van der Waals surface area contributed by atoms with E-state index < -0.39 is 0 Å². The van der Waals surface area contributed by atoms with Gasteiger partial charge in [-0.2, -0.15) is 5.10 Å². The molecule has 0 fully saturated rings. The van der Waals surface area contributed by atoms with Crippen molar-refractivity contribution in [1.29, 1.82) is 0 Å². The second-order valence-electron chi connectivity index (χ2n) is 9.26. The monoisotopic (exact) mass is 692 g/mol. The molecule has 2 N–H and O–H groups in total. The van der Waals surface area contributed by atoms with E-state index >= 15 is 0 Å². The highest BCUT2D eigenvalue weighted by atomic mass is 127. The van der Waals surface area contributed by atoms with Gasteiger partial charge in [-0.15, -0.1) is 11.3 Å². The molecule has 0 spiro atoms. The third kappa shape index (κ3) is 7.51. The molecule has 0 radical (unpaired) electrons. The lowest BCUT2D eigenvalue weighted by Gasteiger charge is -2.13. The molecular formula is C32H26FIN4O3S. The Bertz CT molecular complexity index is 1720. The standard InChI is InChI=1S/C32H26FIN4O3S/c1-20-6-12-26(13-7-20)36-32-37-28(19-42-32)23-8-10-24(11-9-23)31(39)38-35-17-22-15-27(34)30(29(16-22)40-2)41-18-21-4-3-5-25(33)14-21/h3-17,19H,18H2,1-2H3,(H,36,37)(H,38,39)/b35-17-. The van der Waals surface area contributed by atoms with Crippen LogP contribution in [0.2, 0.25) is 0 Å². The van der Waals surface area contributed by atoms with Crippen molar-refractivity contribution in [3.63, 3.8) is 0 Å². The maximum atomic E-state index is 13.5. The number of amides is 1. The third-order valence-electron chi connectivity index (χ3n) is 6.15. The summed E-state index contributed by atoms with van der Waals surface area (Å²) in [7, 11) is 1.54. The molecule has 0 bridgehead atoms. The second kappa shape index (κ2) is 13.6. The SMILES string of the molecule is COc1cc(/C=N\NC(=O)c2ccc(-c3csc(Nc4ccc(C)cc4)n3)cc2)cc(I)c1OCc1cccc(F)c1. The highest BCUT2D eigenvalue weighted by molar-refractivity contribution is 14.1. The molecule has 1 amide bonds. The van der Waals surface area contributed by atoms with Crippen LogP contribution in [-0.2, 0) is 6.61 Å². The summed E-state index contributed by atoms with van der Waals surface area (Å²) in [6.45, 7) is 2.24. The molecule has 0 saturated carbocycles. The third-order valence-corrected chi connectivity index (χ3v) is 7.71. The fourth-order valence-corrected chi connectivity index (χ4v) is 5.50. The Hall–Kier alpha value is -4.29. The molecule has 1 heterocycles. The number of hydrazone groups is 1. The fraction of sp³-hybridized carbons (Fsp3) is 0.0938. The molecule has 5 rings (SSSR count). The lowest BCUT2D eigenvalue weighted by Crippen LogP contribution is -2.17. The van der Waals surface area contributed by atoms with Crippen molar-refractivity contribution in [3.8, 4) is 22.8 Å². The molecule has 5 aromatic rings. The van der Waals surface area contributed by atoms with Crippen LogP contribution < -0.4 is 20.2 Å².